The average molecular weight is 531 g/mol. The van der Waals surface area contributed by atoms with Crippen molar-refractivity contribution in [2.45, 2.75) is 45.1 Å². The summed E-state index contributed by atoms with van der Waals surface area (Å²) in [5, 5.41) is 13.5. The van der Waals surface area contributed by atoms with E-state index in [9.17, 15) is 18.0 Å². The summed E-state index contributed by atoms with van der Waals surface area (Å²) >= 11 is 0. The maximum absolute atomic E-state index is 15.0. The lowest BCUT2D eigenvalue weighted by Crippen LogP contribution is -2.16. The SMILES string of the molecule is O=C(Cc1ccc(-c2nn[nH]n2)cc1F)c1ccccc1-c1nc2cc(F)c(F)cc2n1CC1CCCCC1. The molecule has 6 rings (SSSR count). The van der Waals surface area contributed by atoms with Gasteiger partial charge in [0.1, 0.15) is 11.6 Å². The van der Waals surface area contributed by atoms with E-state index in [4.69, 9.17) is 0 Å². The van der Waals surface area contributed by atoms with Gasteiger partial charge in [0.2, 0.25) is 5.82 Å². The number of rotatable bonds is 7. The van der Waals surface area contributed by atoms with Crippen LogP contribution in [0.2, 0.25) is 0 Å². The van der Waals surface area contributed by atoms with Gasteiger partial charge < -0.3 is 4.57 Å². The zero-order valence-corrected chi connectivity index (χ0v) is 21.0. The number of imidazole rings is 1. The van der Waals surface area contributed by atoms with Crippen molar-refractivity contribution in [1.82, 2.24) is 30.2 Å². The Labute approximate surface area is 222 Å². The highest BCUT2D eigenvalue weighted by molar-refractivity contribution is 6.03. The quantitative estimate of drug-likeness (QED) is 0.249. The predicted molar refractivity (Wildman–Crippen MR) is 139 cm³/mol. The van der Waals surface area contributed by atoms with Gasteiger partial charge in [-0.1, -0.05) is 55.7 Å². The van der Waals surface area contributed by atoms with Crippen LogP contribution >= 0.6 is 0 Å². The zero-order valence-electron chi connectivity index (χ0n) is 21.0. The lowest BCUT2D eigenvalue weighted by molar-refractivity contribution is 0.0992. The highest BCUT2D eigenvalue weighted by atomic mass is 19.2. The third kappa shape index (κ3) is 4.94. The summed E-state index contributed by atoms with van der Waals surface area (Å²) in [5.74, 6) is -1.68. The normalized spacial score (nSPS) is 14.2. The number of nitrogens with one attached hydrogen (secondary N) is 1. The van der Waals surface area contributed by atoms with Crippen molar-refractivity contribution in [3.63, 3.8) is 0 Å². The maximum Gasteiger partial charge on any atom is 0.204 e. The standard InChI is InChI=1S/C29H25F3N6O/c30-22-12-19(28-34-36-37-35-28)11-10-18(22)13-27(39)20-8-4-5-9-21(20)29-33-25-14-23(31)24(32)15-26(25)38(29)16-17-6-2-1-3-7-17/h4-5,8-12,14-15,17H,1-3,6-7,13,16H2,(H,34,35,36,37). The monoisotopic (exact) mass is 530 g/mol. The first kappa shape index (κ1) is 25.0. The van der Waals surface area contributed by atoms with E-state index in [0.29, 0.717) is 46.0 Å². The fourth-order valence-electron chi connectivity index (χ4n) is 5.44. The summed E-state index contributed by atoms with van der Waals surface area (Å²) in [6, 6.07) is 13.7. The molecule has 1 fully saturated rings. The van der Waals surface area contributed by atoms with Crippen LogP contribution < -0.4 is 0 Å². The minimum atomic E-state index is -0.972. The zero-order chi connectivity index (χ0) is 26.9. The Kier molecular flexibility index (Phi) is 6.68. The van der Waals surface area contributed by atoms with Crippen molar-refractivity contribution in [2.24, 2.45) is 5.92 Å². The number of Topliss-reactive ketones (excluding diaryl/α,β-unsaturated/α-hetero) is 1. The first-order valence-electron chi connectivity index (χ1n) is 13.0. The van der Waals surface area contributed by atoms with Crippen molar-refractivity contribution in [1.29, 1.82) is 0 Å². The molecule has 0 aliphatic heterocycles. The van der Waals surface area contributed by atoms with Crippen molar-refractivity contribution in [2.75, 3.05) is 0 Å². The van der Waals surface area contributed by atoms with Gasteiger partial charge in [-0.3, -0.25) is 4.79 Å². The highest BCUT2D eigenvalue weighted by Crippen LogP contribution is 2.33. The Hall–Kier alpha value is -4.34. The third-order valence-corrected chi connectivity index (χ3v) is 7.43. The molecule has 0 amide bonds. The molecule has 39 heavy (non-hydrogen) atoms. The van der Waals surface area contributed by atoms with Crippen LogP contribution in [0.1, 0.15) is 48.0 Å². The van der Waals surface area contributed by atoms with Gasteiger partial charge in [-0.2, -0.15) is 5.21 Å². The number of aromatic nitrogens is 6. The molecule has 1 N–H and O–H groups in total. The number of ketones is 1. The number of halogens is 3. The second-order valence-electron chi connectivity index (χ2n) is 9.99. The van der Waals surface area contributed by atoms with Gasteiger partial charge in [0.15, 0.2) is 17.4 Å². The van der Waals surface area contributed by atoms with Crippen LogP contribution in [0.5, 0.6) is 0 Å². The van der Waals surface area contributed by atoms with E-state index in [1.165, 1.54) is 24.6 Å². The number of hydrogen-bond donors (Lipinski definition) is 1. The van der Waals surface area contributed by atoms with E-state index in [1.54, 1.807) is 30.3 Å². The first-order valence-corrected chi connectivity index (χ1v) is 13.0. The summed E-state index contributed by atoms with van der Waals surface area (Å²) in [7, 11) is 0. The second-order valence-corrected chi connectivity index (χ2v) is 9.99. The minimum Gasteiger partial charge on any atom is -0.324 e. The second kappa shape index (κ2) is 10.4. The molecule has 7 nitrogen and oxygen atoms in total. The number of aromatic amines is 1. The number of hydrogen-bond acceptors (Lipinski definition) is 5. The summed E-state index contributed by atoms with van der Waals surface area (Å²) in [6.07, 6.45) is 5.36. The van der Waals surface area contributed by atoms with Crippen molar-refractivity contribution >= 4 is 16.8 Å². The third-order valence-electron chi connectivity index (χ3n) is 7.43. The molecule has 1 aliphatic carbocycles. The Morgan fingerprint density at radius 3 is 2.51 bits per heavy atom. The summed E-state index contributed by atoms with van der Waals surface area (Å²) < 4.78 is 45.3. The smallest absolute Gasteiger partial charge is 0.204 e. The number of fused-ring (bicyclic) bond motifs is 1. The summed E-state index contributed by atoms with van der Waals surface area (Å²) in [5.41, 5.74) is 2.37. The molecule has 5 aromatic rings. The van der Waals surface area contributed by atoms with Gasteiger partial charge in [0, 0.05) is 41.8 Å². The Bertz CT molecular complexity index is 1660. The van der Waals surface area contributed by atoms with Gasteiger partial charge >= 0.3 is 0 Å². The van der Waals surface area contributed by atoms with Crippen LogP contribution in [-0.4, -0.2) is 36.0 Å². The molecule has 1 saturated carbocycles. The van der Waals surface area contributed by atoms with Crippen LogP contribution in [0.3, 0.4) is 0 Å². The molecular weight excluding hydrogens is 505 g/mol. The number of H-pyrrole nitrogens is 1. The van der Waals surface area contributed by atoms with Crippen LogP contribution in [0.4, 0.5) is 13.2 Å². The predicted octanol–water partition coefficient (Wildman–Crippen LogP) is 6.31. The van der Waals surface area contributed by atoms with Gasteiger partial charge in [-0.05, 0) is 35.6 Å². The lowest BCUT2D eigenvalue weighted by atomic mass is 9.89. The molecule has 3 aromatic carbocycles. The molecule has 0 saturated heterocycles. The maximum atomic E-state index is 15.0. The molecule has 1 aliphatic rings. The molecule has 198 valence electrons. The summed E-state index contributed by atoms with van der Waals surface area (Å²) in [4.78, 5) is 18.2. The van der Waals surface area contributed by atoms with E-state index in [2.05, 4.69) is 25.6 Å². The van der Waals surface area contributed by atoms with E-state index < -0.39 is 17.5 Å². The van der Waals surface area contributed by atoms with Crippen LogP contribution in [0, 0.1) is 23.4 Å². The van der Waals surface area contributed by atoms with Crippen LogP contribution in [0.25, 0.3) is 33.8 Å². The number of carbonyl (C=O) groups is 1. The fraction of sp³-hybridized carbons (Fsp3) is 0.276. The van der Waals surface area contributed by atoms with Gasteiger partial charge in [-0.25, -0.2) is 18.2 Å². The number of nitrogens with zero attached hydrogens (tertiary/aromatic N) is 5. The number of tetrazole rings is 1. The van der Waals surface area contributed by atoms with E-state index in [1.807, 2.05) is 4.57 Å². The van der Waals surface area contributed by atoms with Crippen LogP contribution in [0.15, 0.2) is 54.6 Å². The minimum absolute atomic E-state index is 0.179. The molecule has 0 atom stereocenters. The van der Waals surface area contributed by atoms with Crippen LogP contribution in [-0.2, 0) is 13.0 Å². The molecule has 0 unspecified atom stereocenters. The lowest BCUT2D eigenvalue weighted by Gasteiger charge is -2.23. The largest absolute Gasteiger partial charge is 0.324 e. The fourth-order valence-corrected chi connectivity index (χ4v) is 5.44. The molecule has 10 heteroatoms. The van der Waals surface area contributed by atoms with Crippen molar-refractivity contribution in [3.8, 4) is 22.8 Å². The molecular formula is C29H25F3N6O. The Morgan fingerprint density at radius 2 is 1.74 bits per heavy atom. The average Bonchev–Trinajstić information content (AvgIpc) is 3.60. The topological polar surface area (TPSA) is 89.3 Å². The molecule has 0 bridgehead atoms. The molecule has 2 aromatic heterocycles. The highest BCUT2D eigenvalue weighted by Gasteiger charge is 2.24. The summed E-state index contributed by atoms with van der Waals surface area (Å²) in [6.45, 7) is 0.589. The van der Waals surface area contributed by atoms with E-state index in [-0.39, 0.29) is 23.6 Å². The molecule has 0 radical (unpaired) electrons. The molecule has 2 heterocycles. The van der Waals surface area contributed by atoms with Gasteiger partial charge in [-0.15, -0.1) is 10.2 Å². The van der Waals surface area contributed by atoms with Gasteiger partial charge in [0.05, 0.1) is 11.0 Å². The van der Waals surface area contributed by atoms with Crippen molar-refractivity contribution < 1.29 is 18.0 Å². The Morgan fingerprint density at radius 1 is 0.949 bits per heavy atom. The molecule has 0 spiro atoms. The first-order chi connectivity index (χ1) is 19.0. The van der Waals surface area contributed by atoms with E-state index >= 15 is 0 Å². The van der Waals surface area contributed by atoms with Gasteiger partial charge in [0.25, 0.3) is 0 Å². The van der Waals surface area contributed by atoms with Crippen molar-refractivity contribution in [3.05, 3.63) is 83.2 Å². The Balaban J connectivity index is 1.38. The number of benzene rings is 3. The number of carbonyl (C=O) groups excluding carboxylic acids is 1. The van der Waals surface area contributed by atoms with E-state index in [0.717, 1.165) is 31.7 Å².